The number of halogens is 1. The molecule has 0 saturated carbocycles. The van der Waals surface area contributed by atoms with Crippen LogP contribution in [0, 0.1) is 0 Å². The molecule has 3 aromatic carbocycles. The van der Waals surface area contributed by atoms with Gasteiger partial charge in [0.15, 0.2) is 11.5 Å². The highest BCUT2D eigenvalue weighted by molar-refractivity contribution is 6.30. The van der Waals surface area contributed by atoms with E-state index in [1.54, 1.807) is 48.5 Å². The summed E-state index contributed by atoms with van der Waals surface area (Å²) < 4.78 is 13.6. The van der Waals surface area contributed by atoms with Gasteiger partial charge in [-0.05, 0) is 47.9 Å². The number of aromatic nitrogens is 2. The van der Waals surface area contributed by atoms with Crippen molar-refractivity contribution in [3.8, 4) is 11.5 Å². The number of carbonyl (C=O) groups is 1. The summed E-state index contributed by atoms with van der Waals surface area (Å²) in [6.45, 7) is 2.84. The third kappa shape index (κ3) is 5.54. The number of hydrogen-bond acceptors (Lipinski definition) is 5. The lowest BCUT2D eigenvalue weighted by atomic mass is 10.1. The van der Waals surface area contributed by atoms with Crippen LogP contribution in [0.3, 0.4) is 0 Å². The molecule has 8 nitrogen and oxygen atoms in total. The van der Waals surface area contributed by atoms with E-state index in [9.17, 15) is 14.4 Å². The Morgan fingerprint density at radius 1 is 0.865 bits per heavy atom. The lowest BCUT2D eigenvalue weighted by molar-refractivity contribution is 0.0953. The zero-order chi connectivity index (χ0) is 26.5. The number of ether oxygens (including phenoxy) is 2. The van der Waals surface area contributed by atoms with Crippen LogP contribution in [0.15, 0.2) is 70.3 Å². The molecule has 0 aliphatic carbocycles. The molecule has 37 heavy (non-hydrogen) atoms. The van der Waals surface area contributed by atoms with E-state index in [0.29, 0.717) is 45.1 Å². The molecule has 0 bridgehead atoms. The van der Waals surface area contributed by atoms with Crippen LogP contribution in [0.25, 0.3) is 10.9 Å². The lowest BCUT2D eigenvalue weighted by Gasteiger charge is -2.17. The van der Waals surface area contributed by atoms with Gasteiger partial charge in [-0.3, -0.25) is 18.7 Å². The monoisotopic (exact) mass is 521 g/mol. The number of nitrogens with zero attached hydrogens (tertiary/aromatic N) is 2. The maximum Gasteiger partial charge on any atom is 0.332 e. The molecule has 0 aliphatic heterocycles. The predicted molar refractivity (Wildman–Crippen MR) is 144 cm³/mol. The van der Waals surface area contributed by atoms with Crippen molar-refractivity contribution in [1.82, 2.24) is 14.5 Å². The lowest BCUT2D eigenvalue weighted by Crippen LogP contribution is -2.40. The summed E-state index contributed by atoms with van der Waals surface area (Å²) >= 11 is 6.04. The largest absolute Gasteiger partial charge is 0.493 e. The summed E-state index contributed by atoms with van der Waals surface area (Å²) in [4.78, 5) is 39.5. The van der Waals surface area contributed by atoms with Crippen LogP contribution >= 0.6 is 11.6 Å². The minimum Gasteiger partial charge on any atom is -0.493 e. The Bertz CT molecular complexity index is 1540. The number of amides is 1. The molecule has 1 N–H and O–H groups in total. The van der Waals surface area contributed by atoms with Gasteiger partial charge in [0.25, 0.3) is 11.5 Å². The van der Waals surface area contributed by atoms with Crippen LogP contribution in [-0.4, -0.2) is 35.8 Å². The Balaban J connectivity index is 1.82. The Morgan fingerprint density at radius 2 is 1.43 bits per heavy atom. The molecule has 1 aromatic heterocycles. The second kappa shape index (κ2) is 11.3. The molecule has 0 unspecified atom stereocenters. The smallest absolute Gasteiger partial charge is 0.332 e. The molecule has 0 spiro atoms. The first kappa shape index (κ1) is 26.0. The first-order valence-corrected chi connectivity index (χ1v) is 12.2. The van der Waals surface area contributed by atoms with Crippen LogP contribution < -0.4 is 26.0 Å². The molecule has 192 valence electrons. The first-order chi connectivity index (χ1) is 17.9. The molecule has 1 heterocycles. The second-order valence-corrected chi connectivity index (χ2v) is 9.00. The maximum atomic E-state index is 13.7. The van der Waals surface area contributed by atoms with Crippen molar-refractivity contribution >= 4 is 28.4 Å². The van der Waals surface area contributed by atoms with Crippen LogP contribution in [0.1, 0.15) is 34.8 Å². The number of nitrogens with one attached hydrogen (secondary N) is 1. The Labute approximate surface area is 219 Å². The standard InChI is InChI=1S/C28H28ClN3O5/c1-4-13-30-26(33)20-9-5-18(6-10-20)17-32-27(34)22-14-24(36-2)25(37-3)15-23(22)31(28(32)35)16-19-7-11-21(29)12-8-19/h5-12,14-15H,4,13,16-17H2,1-3H3,(H,30,33). The van der Waals surface area contributed by atoms with Crippen molar-refractivity contribution in [2.75, 3.05) is 20.8 Å². The molecule has 0 saturated heterocycles. The van der Waals surface area contributed by atoms with Gasteiger partial charge < -0.3 is 14.8 Å². The minimum atomic E-state index is -0.468. The average Bonchev–Trinajstić information content (AvgIpc) is 2.92. The maximum absolute atomic E-state index is 13.7. The Kier molecular flexibility index (Phi) is 7.98. The molecule has 9 heteroatoms. The van der Waals surface area contributed by atoms with Crippen LogP contribution in [0.5, 0.6) is 11.5 Å². The summed E-state index contributed by atoms with van der Waals surface area (Å²) in [5.41, 5.74) is 1.59. The van der Waals surface area contributed by atoms with Crippen LogP contribution in [0.4, 0.5) is 0 Å². The van der Waals surface area contributed by atoms with Crippen molar-refractivity contribution in [2.24, 2.45) is 0 Å². The molecule has 4 rings (SSSR count). The summed E-state index contributed by atoms with van der Waals surface area (Å²) in [6, 6.07) is 17.3. The van der Waals surface area contributed by atoms with Gasteiger partial charge in [-0.15, -0.1) is 0 Å². The summed E-state index contributed by atoms with van der Waals surface area (Å²) in [6.07, 6.45) is 0.841. The van der Waals surface area contributed by atoms with Gasteiger partial charge in [0.05, 0.1) is 38.2 Å². The number of hydrogen-bond donors (Lipinski definition) is 1. The van der Waals surface area contributed by atoms with Crippen molar-refractivity contribution in [2.45, 2.75) is 26.4 Å². The van der Waals surface area contributed by atoms with Crippen molar-refractivity contribution in [1.29, 1.82) is 0 Å². The fraction of sp³-hybridized carbons (Fsp3) is 0.250. The van der Waals surface area contributed by atoms with E-state index in [1.165, 1.54) is 23.4 Å². The van der Waals surface area contributed by atoms with Gasteiger partial charge in [-0.2, -0.15) is 0 Å². The zero-order valence-corrected chi connectivity index (χ0v) is 21.7. The van der Waals surface area contributed by atoms with Gasteiger partial charge in [-0.25, -0.2) is 4.79 Å². The third-order valence-corrected chi connectivity index (χ3v) is 6.33. The van der Waals surface area contributed by atoms with Gasteiger partial charge in [-0.1, -0.05) is 42.8 Å². The topological polar surface area (TPSA) is 91.6 Å². The molecule has 0 radical (unpaired) electrons. The highest BCUT2D eigenvalue weighted by Gasteiger charge is 2.18. The van der Waals surface area contributed by atoms with Crippen LogP contribution in [-0.2, 0) is 13.1 Å². The van der Waals surface area contributed by atoms with Crippen LogP contribution in [0.2, 0.25) is 5.02 Å². The van der Waals surface area contributed by atoms with Crippen molar-refractivity contribution in [3.63, 3.8) is 0 Å². The molecule has 0 atom stereocenters. The number of fused-ring (bicyclic) bond motifs is 1. The fourth-order valence-corrected chi connectivity index (χ4v) is 4.22. The summed E-state index contributed by atoms with van der Waals surface area (Å²) in [5.74, 6) is 0.633. The second-order valence-electron chi connectivity index (χ2n) is 8.56. The van der Waals surface area contributed by atoms with E-state index >= 15 is 0 Å². The number of benzene rings is 3. The Hall–Kier alpha value is -4.04. The highest BCUT2D eigenvalue weighted by atomic mass is 35.5. The third-order valence-electron chi connectivity index (χ3n) is 6.08. The molecule has 4 aromatic rings. The van der Waals surface area contributed by atoms with E-state index in [-0.39, 0.29) is 19.0 Å². The number of methoxy groups -OCH3 is 2. The number of carbonyl (C=O) groups excluding carboxylic acids is 1. The fourth-order valence-electron chi connectivity index (χ4n) is 4.09. The minimum absolute atomic E-state index is 0.0411. The highest BCUT2D eigenvalue weighted by Crippen LogP contribution is 2.30. The predicted octanol–water partition coefficient (Wildman–Crippen LogP) is 4.07. The molecule has 1 amide bonds. The van der Waals surface area contributed by atoms with Gasteiger partial charge in [0, 0.05) is 23.2 Å². The Morgan fingerprint density at radius 3 is 2.03 bits per heavy atom. The summed E-state index contributed by atoms with van der Waals surface area (Å²) in [7, 11) is 2.99. The van der Waals surface area contributed by atoms with E-state index < -0.39 is 11.2 Å². The SMILES string of the molecule is CCCNC(=O)c1ccc(Cn2c(=O)c3cc(OC)c(OC)cc3n(Cc3ccc(Cl)cc3)c2=O)cc1. The van der Waals surface area contributed by atoms with E-state index in [1.807, 2.05) is 19.1 Å². The van der Waals surface area contributed by atoms with Crippen molar-refractivity contribution in [3.05, 3.63) is 103 Å². The van der Waals surface area contributed by atoms with E-state index in [0.717, 1.165) is 12.0 Å². The number of rotatable bonds is 9. The van der Waals surface area contributed by atoms with E-state index in [2.05, 4.69) is 5.32 Å². The zero-order valence-electron chi connectivity index (χ0n) is 20.9. The van der Waals surface area contributed by atoms with Gasteiger partial charge in [0.1, 0.15) is 0 Å². The quantitative estimate of drug-likeness (QED) is 0.358. The average molecular weight is 522 g/mol. The first-order valence-electron chi connectivity index (χ1n) is 11.9. The molecular weight excluding hydrogens is 494 g/mol. The van der Waals surface area contributed by atoms with E-state index in [4.69, 9.17) is 21.1 Å². The van der Waals surface area contributed by atoms with Gasteiger partial charge in [0.2, 0.25) is 0 Å². The van der Waals surface area contributed by atoms with Crippen molar-refractivity contribution < 1.29 is 14.3 Å². The normalized spacial score (nSPS) is 10.9. The molecular formula is C28H28ClN3O5. The summed E-state index contributed by atoms with van der Waals surface area (Å²) in [5, 5.41) is 3.74. The molecule has 0 aliphatic rings. The van der Waals surface area contributed by atoms with Gasteiger partial charge >= 0.3 is 5.69 Å². The molecule has 0 fully saturated rings.